The van der Waals surface area contributed by atoms with Crippen molar-refractivity contribution in [2.45, 2.75) is 13.0 Å². The molecule has 2 aromatic carbocycles. The normalized spacial score (nSPS) is 10.7. The summed E-state index contributed by atoms with van der Waals surface area (Å²) in [4.78, 5) is 41.9. The molecule has 33 heavy (non-hydrogen) atoms. The first-order chi connectivity index (χ1) is 15.9. The van der Waals surface area contributed by atoms with Crippen LogP contribution >= 0.6 is 11.6 Å². The predicted molar refractivity (Wildman–Crippen MR) is 130 cm³/mol. The van der Waals surface area contributed by atoms with Gasteiger partial charge in [-0.15, -0.1) is 0 Å². The minimum absolute atomic E-state index is 0.00990. The van der Waals surface area contributed by atoms with Gasteiger partial charge >= 0.3 is 5.69 Å². The van der Waals surface area contributed by atoms with Crippen molar-refractivity contribution in [3.05, 3.63) is 86.0 Å². The third kappa shape index (κ3) is 6.47. The molecule has 0 fully saturated rings. The number of aromatic nitrogens is 2. The minimum Gasteiger partial charge on any atom is -0.385 e. The van der Waals surface area contributed by atoms with Gasteiger partial charge in [0.1, 0.15) is 11.5 Å². The summed E-state index contributed by atoms with van der Waals surface area (Å²) >= 11 is 5.89. The second-order valence-electron chi connectivity index (χ2n) is 7.39. The number of halogens is 1. The van der Waals surface area contributed by atoms with E-state index in [1.165, 1.54) is 4.57 Å². The molecule has 4 N–H and O–H groups in total. The first-order valence-electron chi connectivity index (χ1n) is 10.3. The Balaban J connectivity index is 1.91. The molecule has 0 radical (unpaired) electrons. The van der Waals surface area contributed by atoms with Gasteiger partial charge in [0.2, 0.25) is 5.91 Å². The molecule has 174 valence electrons. The molecule has 0 atom stereocenters. The standard InChI is InChI=1S/C23H26ClN5O4/c1-33-13-5-12-28(15-19(30)26-18-10-8-17(24)9-11-18)20-21(25)29(23(32)27-22(20)31)14-16-6-3-2-4-7-16/h2-4,6-11H,5,12-15,25H2,1H3,(H,26,30)(H,27,31,32). The van der Waals surface area contributed by atoms with E-state index in [9.17, 15) is 14.4 Å². The number of nitrogens with one attached hydrogen (secondary N) is 2. The quantitative estimate of drug-likeness (QED) is 0.390. The van der Waals surface area contributed by atoms with Crippen LogP contribution in [-0.4, -0.2) is 42.3 Å². The highest BCUT2D eigenvalue weighted by molar-refractivity contribution is 6.30. The molecule has 0 aliphatic rings. The van der Waals surface area contributed by atoms with Crippen molar-refractivity contribution in [2.24, 2.45) is 0 Å². The molecule has 3 rings (SSSR count). The summed E-state index contributed by atoms with van der Waals surface area (Å²) in [5.74, 6) is -0.362. The summed E-state index contributed by atoms with van der Waals surface area (Å²) in [6, 6.07) is 15.9. The molecule has 0 saturated heterocycles. The summed E-state index contributed by atoms with van der Waals surface area (Å²) in [6.07, 6.45) is 0.543. The van der Waals surface area contributed by atoms with Crippen LogP contribution in [0, 0.1) is 0 Å². The lowest BCUT2D eigenvalue weighted by Crippen LogP contribution is -2.42. The number of hydrogen-bond acceptors (Lipinski definition) is 6. The number of ether oxygens (including phenoxy) is 1. The fourth-order valence-electron chi connectivity index (χ4n) is 3.38. The smallest absolute Gasteiger partial charge is 0.330 e. The lowest BCUT2D eigenvalue weighted by atomic mass is 10.2. The highest BCUT2D eigenvalue weighted by Gasteiger charge is 2.21. The van der Waals surface area contributed by atoms with Crippen molar-refractivity contribution in [2.75, 3.05) is 42.8 Å². The molecule has 0 bridgehead atoms. The largest absolute Gasteiger partial charge is 0.385 e. The van der Waals surface area contributed by atoms with Crippen molar-refractivity contribution in [1.82, 2.24) is 9.55 Å². The van der Waals surface area contributed by atoms with E-state index in [1.807, 2.05) is 30.3 Å². The second kappa shape index (κ2) is 11.3. The third-order valence-corrected chi connectivity index (χ3v) is 5.20. The minimum atomic E-state index is -0.654. The number of aromatic amines is 1. The van der Waals surface area contributed by atoms with Crippen LogP contribution in [0.4, 0.5) is 17.2 Å². The van der Waals surface area contributed by atoms with E-state index < -0.39 is 11.2 Å². The summed E-state index contributed by atoms with van der Waals surface area (Å²) in [5, 5.41) is 3.32. The lowest BCUT2D eigenvalue weighted by Gasteiger charge is -2.25. The molecule has 0 unspecified atom stereocenters. The molecule has 1 aromatic heterocycles. The molecular formula is C23H26ClN5O4. The maximum atomic E-state index is 12.7. The number of nitrogen functional groups attached to an aromatic ring is 1. The Hall–Kier alpha value is -3.56. The molecule has 10 heteroatoms. The first-order valence-corrected chi connectivity index (χ1v) is 10.7. The van der Waals surface area contributed by atoms with E-state index in [1.54, 1.807) is 36.3 Å². The number of methoxy groups -OCH3 is 1. The van der Waals surface area contributed by atoms with Gasteiger partial charge in [0.15, 0.2) is 0 Å². The zero-order valence-corrected chi connectivity index (χ0v) is 19.0. The Morgan fingerprint density at radius 2 is 1.85 bits per heavy atom. The van der Waals surface area contributed by atoms with Crippen molar-refractivity contribution in [1.29, 1.82) is 0 Å². The van der Waals surface area contributed by atoms with E-state index in [-0.39, 0.29) is 30.5 Å². The van der Waals surface area contributed by atoms with Gasteiger partial charge in [-0.2, -0.15) is 0 Å². The van der Waals surface area contributed by atoms with Gasteiger partial charge in [0.25, 0.3) is 5.56 Å². The molecule has 0 spiro atoms. The Morgan fingerprint density at radius 3 is 2.52 bits per heavy atom. The van der Waals surface area contributed by atoms with Crippen molar-refractivity contribution in [3.8, 4) is 0 Å². The van der Waals surface area contributed by atoms with E-state index in [4.69, 9.17) is 22.1 Å². The number of amides is 1. The molecule has 1 heterocycles. The van der Waals surface area contributed by atoms with E-state index >= 15 is 0 Å². The zero-order chi connectivity index (χ0) is 23.8. The molecule has 9 nitrogen and oxygen atoms in total. The Morgan fingerprint density at radius 1 is 1.15 bits per heavy atom. The molecule has 0 aliphatic carbocycles. The second-order valence-corrected chi connectivity index (χ2v) is 7.82. The number of H-pyrrole nitrogens is 1. The van der Waals surface area contributed by atoms with Crippen LogP contribution in [0.5, 0.6) is 0 Å². The highest BCUT2D eigenvalue weighted by Crippen LogP contribution is 2.19. The number of nitrogens with two attached hydrogens (primary N) is 1. The average Bonchev–Trinajstić information content (AvgIpc) is 2.79. The maximum Gasteiger partial charge on any atom is 0.330 e. The number of hydrogen-bond donors (Lipinski definition) is 3. The SMILES string of the molecule is COCCCN(CC(=O)Nc1ccc(Cl)cc1)c1c(N)n(Cc2ccccc2)c(=O)[nH]c1=O. The summed E-state index contributed by atoms with van der Waals surface area (Å²) in [6.45, 7) is 0.775. The highest BCUT2D eigenvalue weighted by atomic mass is 35.5. The van der Waals surface area contributed by atoms with Crippen LogP contribution in [-0.2, 0) is 16.1 Å². The van der Waals surface area contributed by atoms with Crippen molar-refractivity contribution in [3.63, 3.8) is 0 Å². The molecular weight excluding hydrogens is 446 g/mol. The number of benzene rings is 2. The van der Waals surface area contributed by atoms with Crippen LogP contribution in [0.1, 0.15) is 12.0 Å². The fourth-order valence-corrected chi connectivity index (χ4v) is 3.51. The summed E-state index contributed by atoms with van der Waals surface area (Å²) in [5.41, 5.74) is 6.51. The first kappa shape index (κ1) is 24.1. The van der Waals surface area contributed by atoms with Crippen LogP contribution in [0.3, 0.4) is 0 Å². The Kier molecular flexibility index (Phi) is 8.28. The average molecular weight is 472 g/mol. The van der Waals surface area contributed by atoms with Gasteiger partial charge in [-0.1, -0.05) is 41.9 Å². The van der Waals surface area contributed by atoms with Crippen LogP contribution < -0.4 is 27.2 Å². The van der Waals surface area contributed by atoms with Gasteiger partial charge in [0.05, 0.1) is 13.1 Å². The Bertz CT molecular complexity index is 1190. The number of carbonyl (C=O) groups is 1. The molecule has 0 saturated carbocycles. The zero-order valence-electron chi connectivity index (χ0n) is 18.2. The van der Waals surface area contributed by atoms with Crippen LogP contribution in [0.2, 0.25) is 5.02 Å². The van der Waals surface area contributed by atoms with Gasteiger partial charge < -0.3 is 20.7 Å². The van der Waals surface area contributed by atoms with Crippen LogP contribution in [0.25, 0.3) is 0 Å². The topological polar surface area (TPSA) is 122 Å². The third-order valence-electron chi connectivity index (χ3n) is 4.95. The van der Waals surface area contributed by atoms with E-state index in [0.29, 0.717) is 30.3 Å². The molecule has 3 aromatic rings. The lowest BCUT2D eigenvalue weighted by molar-refractivity contribution is -0.115. The number of nitrogens with zero attached hydrogens (tertiary/aromatic N) is 2. The van der Waals surface area contributed by atoms with E-state index in [0.717, 1.165) is 5.56 Å². The van der Waals surface area contributed by atoms with Gasteiger partial charge in [-0.05, 0) is 36.2 Å². The maximum absolute atomic E-state index is 12.7. The van der Waals surface area contributed by atoms with Gasteiger partial charge in [-0.3, -0.25) is 19.1 Å². The number of anilines is 3. The molecule has 1 amide bonds. The number of rotatable bonds is 10. The van der Waals surface area contributed by atoms with Gasteiger partial charge in [-0.25, -0.2) is 4.79 Å². The fraction of sp³-hybridized carbons (Fsp3) is 0.261. The summed E-state index contributed by atoms with van der Waals surface area (Å²) < 4.78 is 6.39. The van der Waals surface area contributed by atoms with Crippen LogP contribution in [0.15, 0.2) is 64.2 Å². The molecule has 0 aliphatic heterocycles. The Labute approximate surface area is 195 Å². The van der Waals surface area contributed by atoms with Crippen molar-refractivity contribution >= 4 is 34.7 Å². The summed E-state index contributed by atoms with van der Waals surface area (Å²) in [7, 11) is 1.57. The monoisotopic (exact) mass is 471 g/mol. The predicted octanol–water partition coefficient (Wildman–Crippen LogP) is 2.30. The van der Waals surface area contributed by atoms with Gasteiger partial charge in [0, 0.05) is 31.0 Å². The van der Waals surface area contributed by atoms with E-state index in [2.05, 4.69) is 10.3 Å². The number of carbonyl (C=O) groups excluding carboxylic acids is 1. The van der Waals surface area contributed by atoms with Crippen molar-refractivity contribution < 1.29 is 9.53 Å².